The van der Waals surface area contributed by atoms with E-state index < -0.39 is 23.1 Å². The molecule has 4 saturated carbocycles. The molecule has 9 nitrogen and oxygen atoms in total. The maximum absolute atomic E-state index is 13.6. The van der Waals surface area contributed by atoms with Crippen LogP contribution in [0.1, 0.15) is 70.6 Å². The Bertz CT molecular complexity index is 1360. The molecular weight excluding hydrogens is 580 g/mol. The number of carbonyl (C=O) groups is 1. The van der Waals surface area contributed by atoms with Crippen LogP contribution in [0.25, 0.3) is 0 Å². The maximum atomic E-state index is 13.6. The van der Waals surface area contributed by atoms with E-state index in [4.69, 9.17) is 10.5 Å². The Morgan fingerprint density at radius 2 is 1.91 bits per heavy atom. The Morgan fingerprint density at radius 1 is 1.11 bits per heavy atom. The van der Waals surface area contributed by atoms with Crippen LogP contribution in [0.3, 0.4) is 0 Å². The average Bonchev–Trinajstić information content (AvgIpc) is 3.37. The number of rotatable bonds is 6. The van der Waals surface area contributed by atoms with Gasteiger partial charge in [0.25, 0.3) is 5.96 Å². The highest BCUT2D eigenvalue weighted by atomic mass is 16.5. The molecule has 2 spiro atoms. The number of likely N-dealkylation sites (tertiary alicyclic amines) is 1. The predicted molar refractivity (Wildman–Crippen MR) is 172 cm³/mol. The lowest BCUT2D eigenvalue weighted by atomic mass is 9.39. The summed E-state index contributed by atoms with van der Waals surface area (Å²) in [5.41, 5.74) is 5.53. The van der Waals surface area contributed by atoms with Gasteiger partial charge >= 0.3 is 0 Å². The molecule has 6 fully saturated rings. The van der Waals surface area contributed by atoms with Crippen LogP contribution in [0.2, 0.25) is 0 Å². The van der Waals surface area contributed by atoms with Gasteiger partial charge in [-0.15, -0.1) is 0 Å². The summed E-state index contributed by atoms with van der Waals surface area (Å²) >= 11 is 0. The Labute approximate surface area is 273 Å². The molecule has 2 bridgehead atoms. The van der Waals surface area contributed by atoms with Gasteiger partial charge < -0.3 is 35.9 Å². The molecule has 6 aliphatic carbocycles. The van der Waals surface area contributed by atoms with E-state index in [0.717, 1.165) is 83.0 Å². The Morgan fingerprint density at radius 3 is 2.72 bits per heavy atom. The van der Waals surface area contributed by atoms with Crippen LogP contribution in [0.5, 0.6) is 0 Å². The number of quaternary nitrogens is 1. The molecule has 0 radical (unpaired) electrons. The first-order valence-corrected chi connectivity index (χ1v) is 18.4. The molecule has 0 amide bonds. The summed E-state index contributed by atoms with van der Waals surface area (Å²) in [5.74, 6) is 1.25. The first kappa shape index (κ1) is 31.2. The van der Waals surface area contributed by atoms with Gasteiger partial charge in [0.2, 0.25) is 0 Å². The number of nitrogens with two attached hydrogens (primary N) is 1. The molecule has 0 aromatic heterocycles. The molecule has 0 aromatic carbocycles. The number of aliphatic carboxylic acids is 1. The van der Waals surface area contributed by atoms with Crippen molar-refractivity contribution >= 4 is 11.9 Å². The van der Waals surface area contributed by atoms with Crippen molar-refractivity contribution in [2.24, 2.45) is 63.0 Å². The maximum Gasteiger partial charge on any atom is 0.293 e. The number of allylic oxidation sites excluding steroid dienone is 4. The van der Waals surface area contributed by atoms with Crippen molar-refractivity contribution in [2.75, 3.05) is 39.8 Å². The van der Waals surface area contributed by atoms with E-state index in [1.54, 1.807) is 7.05 Å². The smallest absolute Gasteiger partial charge is 0.293 e. The lowest BCUT2D eigenvalue weighted by Gasteiger charge is -2.65. The standard InChI is InChI=1S/C37H54N4O5/c1-39-34(38)41-17-15-26(20-40-16-18-42)35(21-41)25-13-12-24-6-4-8-29-36(24,35)28(19-25)31(33(43)44)37(29,45)30-14-11-23-10-9-22-5-2-3-7-27(22)32(23)46-30/h2-3,5,7,22-27,29-30,32,40,42,45H,4,6,8-21H2,1H3,(H2,38,39)(H,43,44). The van der Waals surface area contributed by atoms with Crippen molar-refractivity contribution in [3.8, 4) is 0 Å². The molecule has 8 aliphatic rings. The number of fused-ring (bicyclic) bond motifs is 3. The van der Waals surface area contributed by atoms with Crippen LogP contribution in [-0.2, 0) is 9.53 Å². The molecule has 2 saturated heterocycles. The van der Waals surface area contributed by atoms with Crippen LogP contribution in [0.4, 0.5) is 0 Å². The highest BCUT2D eigenvalue weighted by molar-refractivity contribution is 5.91. The average molecular weight is 635 g/mol. The Kier molecular flexibility index (Phi) is 7.84. The number of piperidine rings is 1. The van der Waals surface area contributed by atoms with Crippen LogP contribution < -0.4 is 21.1 Å². The zero-order valence-electron chi connectivity index (χ0n) is 27.5. The number of carboxylic acid groups (broad SMARTS) is 1. The zero-order chi connectivity index (χ0) is 31.8. The van der Waals surface area contributed by atoms with Crippen molar-refractivity contribution in [2.45, 2.75) is 88.4 Å². The third-order valence-electron chi connectivity index (χ3n) is 14.9. The summed E-state index contributed by atoms with van der Waals surface area (Å²) in [6, 6.07) is 0. The number of nitrogens with one attached hydrogen (secondary N) is 2. The fourth-order valence-electron chi connectivity index (χ4n) is 13.6. The predicted octanol–water partition coefficient (Wildman–Crippen LogP) is 0.728. The summed E-state index contributed by atoms with van der Waals surface area (Å²) in [6.07, 6.45) is 18.9. The number of aliphatic hydroxyl groups is 2. The van der Waals surface area contributed by atoms with Crippen molar-refractivity contribution in [3.63, 3.8) is 0 Å². The van der Waals surface area contributed by atoms with Gasteiger partial charge in [0, 0.05) is 48.3 Å². The lowest BCUT2D eigenvalue weighted by molar-refractivity contribution is -0.829. The molecule has 0 aromatic rings. The number of ether oxygens (including phenoxy) is 1. The minimum Gasteiger partial charge on any atom is -0.545 e. The quantitative estimate of drug-likeness (QED) is 0.165. The summed E-state index contributed by atoms with van der Waals surface area (Å²) in [7, 11) is 1.76. The molecule has 13 atom stereocenters. The van der Waals surface area contributed by atoms with Gasteiger partial charge in [-0.3, -0.25) is 4.90 Å². The van der Waals surface area contributed by atoms with Crippen LogP contribution >= 0.6 is 0 Å². The summed E-state index contributed by atoms with van der Waals surface area (Å²) < 4.78 is 7.13. The number of aliphatic hydroxyl groups excluding tert-OH is 1. The highest BCUT2D eigenvalue weighted by Crippen LogP contribution is 2.81. The minimum atomic E-state index is -1.58. The molecule has 2 aliphatic heterocycles. The van der Waals surface area contributed by atoms with Gasteiger partial charge in [0.1, 0.15) is 5.60 Å². The van der Waals surface area contributed by atoms with E-state index in [2.05, 4.69) is 34.6 Å². The van der Waals surface area contributed by atoms with E-state index in [0.29, 0.717) is 49.0 Å². The van der Waals surface area contributed by atoms with Crippen LogP contribution in [0.15, 0.2) is 40.4 Å². The van der Waals surface area contributed by atoms with E-state index in [1.165, 1.54) is 4.90 Å². The van der Waals surface area contributed by atoms with E-state index in [9.17, 15) is 20.1 Å². The van der Waals surface area contributed by atoms with Crippen LogP contribution in [0, 0.1) is 52.3 Å². The molecule has 8 rings (SSSR count). The van der Waals surface area contributed by atoms with Gasteiger partial charge in [-0.1, -0.05) is 36.3 Å². The number of hydrogen-bond donors (Lipinski definition) is 5. The molecule has 13 unspecified atom stereocenters. The third-order valence-corrected chi connectivity index (χ3v) is 14.9. The number of carbonyl (C=O) groups excluding carboxylic acids is 1. The van der Waals surface area contributed by atoms with Crippen molar-refractivity contribution in [3.05, 3.63) is 35.5 Å². The second-order valence-electron chi connectivity index (χ2n) is 16.1. The SMILES string of the molecule is CN=C(N)[NH+]1CCC(CNCCO)C2(C1)C1CCC3CCCC4C(O)(C5CCC6CCC7C=CC=CC7C6O5)C(C(=O)[O-])=C(C1)C342. The zero-order valence-corrected chi connectivity index (χ0v) is 27.5. The molecule has 252 valence electrons. The molecular formula is C37H54N4O5. The number of hydrogen-bond acceptors (Lipinski definition) is 7. The molecule has 46 heavy (non-hydrogen) atoms. The second-order valence-corrected chi connectivity index (χ2v) is 16.1. The first-order valence-electron chi connectivity index (χ1n) is 18.4. The molecule has 2 heterocycles. The fraction of sp³-hybridized carbons (Fsp3) is 0.784. The minimum absolute atomic E-state index is 0.00766. The van der Waals surface area contributed by atoms with Gasteiger partial charge in [0.15, 0.2) is 0 Å². The van der Waals surface area contributed by atoms with Crippen molar-refractivity contribution < 1.29 is 29.8 Å². The largest absolute Gasteiger partial charge is 0.545 e. The fourth-order valence-corrected chi connectivity index (χ4v) is 13.6. The summed E-state index contributed by atoms with van der Waals surface area (Å²) in [5, 5.41) is 40.3. The number of aliphatic imine (C=N–C) groups is 1. The lowest BCUT2D eigenvalue weighted by Crippen LogP contribution is -3.19. The third kappa shape index (κ3) is 4.04. The number of carboxylic acids is 1. The highest BCUT2D eigenvalue weighted by Gasteiger charge is 2.81. The normalized spacial score (nSPS) is 49.2. The van der Waals surface area contributed by atoms with Gasteiger partial charge in [-0.25, -0.2) is 4.99 Å². The number of guanidine groups is 1. The Balaban J connectivity index is 1.27. The molecule has 9 heteroatoms. The first-order chi connectivity index (χ1) is 22.3. The van der Waals surface area contributed by atoms with Gasteiger partial charge in [0.05, 0.1) is 37.9 Å². The Hall–Kier alpha value is -2.04. The monoisotopic (exact) mass is 634 g/mol. The van der Waals surface area contributed by atoms with E-state index in [1.807, 2.05) is 0 Å². The second kappa shape index (κ2) is 11.5. The van der Waals surface area contributed by atoms with E-state index >= 15 is 0 Å². The number of nitrogens with zero attached hydrogens (tertiary/aromatic N) is 1. The van der Waals surface area contributed by atoms with E-state index in [-0.39, 0.29) is 41.5 Å². The summed E-state index contributed by atoms with van der Waals surface area (Å²) in [4.78, 5) is 19.2. The van der Waals surface area contributed by atoms with Crippen molar-refractivity contribution in [1.82, 2.24) is 5.32 Å². The van der Waals surface area contributed by atoms with Crippen molar-refractivity contribution in [1.29, 1.82) is 0 Å². The van der Waals surface area contributed by atoms with Crippen LogP contribution in [-0.4, -0.2) is 79.8 Å². The van der Waals surface area contributed by atoms with Gasteiger partial charge in [-0.05, 0) is 93.9 Å². The summed E-state index contributed by atoms with van der Waals surface area (Å²) in [6.45, 7) is 3.07. The van der Waals surface area contributed by atoms with Gasteiger partial charge in [-0.2, -0.15) is 0 Å². The molecule has 6 N–H and O–H groups in total. The topological polar surface area (TPSA) is 145 Å².